The molecule has 12 nitrogen and oxygen atoms in total. The van der Waals surface area contributed by atoms with Gasteiger partial charge in [-0.2, -0.15) is 0 Å². The fraction of sp³-hybridized carbons (Fsp3) is 0.611. The number of hydrogen-bond acceptors (Lipinski definition) is 11. The zero-order valence-corrected chi connectivity index (χ0v) is 17.3. The van der Waals surface area contributed by atoms with Crippen LogP contribution in [0.5, 0.6) is 0 Å². The molecule has 0 unspecified atom stereocenters. The van der Waals surface area contributed by atoms with Crippen LogP contribution in [0.15, 0.2) is 11.8 Å². The van der Waals surface area contributed by atoms with Crippen molar-refractivity contribution in [3.05, 3.63) is 11.8 Å². The molecule has 0 fully saturated rings. The molecule has 0 aromatic heterocycles. The summed E-state index contributed by atoms with van der Waals surface area (Å²) in [5, 5.41) is 2.56. The van der Waals surface area contributed by atoms with Crippen molar-refractivity contribution >= 4 is 29.8 Å². The van der Waals surface area contributed by atoms with Gasteiger partial charge in [0, 0.05) is 27.7 Å². The minimum absolute atomic E-state index is 0.289. The van der Waals surface area contributed by atoms with Crippen molar-refractivity contribution in [2.24, 2.45) is 5.73 Å². The van der Waals surface area contributed by atoms with Crippen LogP contribution >= 0.6 is 0 Å². The van der Waals surface area contributed by atoms with Crippen LogP contribution in [0.1, 0.15) is 27.7 Å². The fourth-order valence-corrected chi connectivity index (χ4v) is 2.81. The van der Waals surface area contributed by atoms with Crippen molar-refractivity contribution in [1.29, 1.82) is 0 Å². The van der Waals surface area contributed by atoms with E-state index in [1.165, 1.54) is 13.0 Å². The van der Waals surface area contributed by atoms with E-state index in [4.69, 9.17) is 24.7 Å². The molecule has 168 valence electrons. The van der Waals surface area contributed by atoms with E-state index >= 15 is 0 Å². The van der Waals surface area contributed by atoms with Gasteiger partial charge < -0.3 is 34.7 Å². The summed E-state index contributed by atoms with van der Waals surface area (Å²) in [6.45, 7) is 4.08. The van der Waals surface area contributed by atoms with E-state index < -0.39 is 66.8 Å². The summed E-state index contributed by atoms with van der Waals surface area (Å²) in [7, 11) is 1.12. The predicted octanol–water partition coefficient (Wildman–Crippen LogP) is -1.30. The lowest BCUT2D eigenvalue weighted by Crippen LogP contribution is -2.63. The van der Waals surface area contributed by atoms with Gasteiger partial charge in [0.25, 0.3) is 0 Å². The van der Waals surface area contributed by atoms with Gasteiger partial charge in [-0.3, -0.25) is 19.2 Å². The molecule has 0 aromatic carbocycles. The Kier molecular flexibility index (Phi) is 9.24. The second-order valence-electron chi connectivity index (χ2n) is 6.43. The number of carbonyl (C=O) groups excluding carboxylic acids is 5. The fourth-order valence-electron chi connectivity index (χ4n) is 2.81. The molecule has 0 spiro atoms. The maximum absolute atomic E-state index is 12.0. The molecule has 12 heteroatoms. The van der Waals surface area contributed by atoms with Crippen LogP contribution in [0.25, 0.3) is 0 Å². The van der Waals surface area contributed by atoms with Crippen LogP contribution in [-0.4, -0.2) is 73.9 Å². The molecule has 0 bridgehead atoms. The van der Waals surface area contributed by atoms with Crippen molar-refractivity contribution in [1.82, 2.24) is 5.32 Å². The topological polar surface area (TPSA) is 170 Å². The van der Waals surface area contributed by atoms with Crippen LogP contribution in [0, 0.1) is 0 Å². The molecule has 1 amide bonds. The number of rotatable bonds is 8. The Bertz CT molecular complexity index is 720. The highest BCUT2D eigenvalue weighted by atomic mass is 16.6. The van der Waals surface area contributed by atoms with Crippen molar-refractivity contribution < 1.29 is 47.7 Å². The lowest BCUT2D eigenvalue weighted by atomic mass is 9.92. The third-order valence-corrected chi connectivity index (χ3v) is 3.89. The Morgan fingerprint density at radius 3 is 2.13 bits per heavy atom. The van der Waals surface area contributed by atoms with E-state index in [2.05, 4.69) is 10.1 Å². The molecule has 0 saturated carbocycles. The van der Waals surface area contributed by atoms with Crippen LogP contribution in [0.3, 0.4) is 0 Å². The van der Waals surface area contributed by atoms with Gasteiger partial charge in [0.1, 0.15) is 6.61 Å². The number of methoxy groups -OCH3 is 1. The lowest BCUT2D eigenvalue weighted by molar-refractivity contribution is -0.187. The summed E-state index contributed by atoms with van der Waals surface area (Å²) in [6.07, 6.45) is -2.77. The quantitative estimate of drug-likeness (QED) is 0.346. The number of nitrogens with two attached hydrogens (primary N) is 1. The van der Waals surface area contributed by atoms with E-state index in [9.17, 15) is 24.0 Å². The highest BCUT2D eigenvalue weighted by Gasteiger charge is 2.47. The third kappa shape index (κ3) is 7.35. The molecule has 0 saturated heterocycles. The predicted molar refractivity (Wildman–Crippen MR) is 98.3 cm³/mol. The van der Waals surface area contributed by atoms with Crippen molar-refractivity contribution in [3.63, 3.8) is 0 Å². The summed E-state index contributed by atoms with van der Waals surface area (Å²) in [5.41, 5.74) is 6.08. The summed E-state index contributed by atoms with van der Waals surface area (Å²) >= 11 is 0. The third-order valence-electron chi connectivity index (χ3n) is 3.89. The second kappa shape index (κ2) is 11.1. The number of carbonyl (C=O) groups is 5. The largest absolute Gasteiger partial charge is 0.477 e. The number of amides is 1. The lowest BCUT2D eigenvalue weighted by Gasteiger charge is -2.40. The number of hydrogen-bond donors (Lipinski definition) is 2. The van der Waals surface area contributed by atoms with Crippen molar-refractivity contribution in [3.8, 4) is 0 Å². The average molecular weight is 430 g/mol. The average Bonchev–Trinajstić information content (AvgIpc) is 2.63. The van der Waals surface area contributed by atoms with Crippen molar-refractivity contribution in [2.45, 2.75) is 58.1 Å². The number of nitrogens with one attached hydrogen (secondary N) is 1. The summed E-state index contributed by atoms with van der Waals surface area (Å²) in [5.74, 6) is -3.85. The van der Waals surface area contributed by atoms with Gasteiger partial charge in [-0.1, -0.05) is 0 Å². The highest BCUT2D eigenvalue weighted by Crippen LogP contribution is 2.26. The Labute approximate surface area is 173 Å². The molecule has 1 rings (SSSR count). The molecule has 1 aliphatic heterocycles. The molecule has 3 N–H and O–H groups in total. The summed E-state index contributed by atoms with van der Waals surface area (Å²) in [6, 6.07) is -1.94. The molecule has 0 radical (unpaired) electrons. The SMILES string of the molecule is COC(=O)C1=C[C@H](N)[C@@H](NC(C)=O)[C@H]([C@H](OC(C)=O)[C@@H](COC(C)=O)OC(C)=O)O1. The molecule has 30 heavy (non-hydrogen) atoms. The highest BCUT2D eigenvalue weighted by molar-refractivity contribution is 5.86. The van der Waals surface area contributed by atoms with E-state index in [-0.39, 0.29) is 5.76 Å². The maximum atomic E-state index is 12.0. The molecular formula is C18H26N2O10. The van der Waals surface area contributed by atoms with Gasteiger partial charge in [-0.25, -0.2) is 4.79 Å². The Morgan fingerprint density at radius 2 is 1.67 bits per heavy atom. The minimum Gasteiger partial charge on any atom is -0.477 e. The first-order valence-corrected chi connectivity index (χ1v) is 8.93. The van der Waals surface area contributed by atoms with Crippen LogP contribution in [0.4, 0.5) is 0 Å². The van der Waals surface area contributed by atoms with Gasteiger partial charge in [-0.15, -0.1) is 0 Å². The van der Waals surface area contributed by atoms with Crippen molar-refractivity contribution in [2.75, 3.05) is 13.7 Å². The Balaban J connectivity index is 3.41. The monoisotopic (exact) mass is 430 g/mol. The first-order chi connectivity index (χ1) is 14.0. The van der Waals surface area contributed by atoms with Gasteiger partial charge >= 0.3 is 23.9 Å². The first kappa shape index (κ1) is 24.9. The minimum atomic E-state index is -1.40. The summed E-state index contributed by atoms with van der Waals surface area (Å²) in [4.78, 5) is 58.3. The van der Waals surface area contributed by atoms with Crippen LogP contribution in [0.2, 0.25) is 0 Å². The van der Waals surface area contributed by atoms with Crippen LogP contribution in [-0.2, 0) is 47.7 Å². The van der Waals surface area contributed by atoms with Crippen LogP contribution < -0.4 is 11.1 Å². The smallest absolute Gasteiger partial charge is 0.373 e. The van der Waals surface area contributed by atoms with Gasteiger partial charge in [0.2, 0.25) is 11.7 Å². The Morgan fingerprint density at radius 1 is 1.07 bits per heavy atom. The number of ether oxygens (including phenoxy) is 5. The maximum Gasteiger partial charge on any atom is 0.373 e. The van der Waals surface area contributed by atoms with Gasteiger partial charge in [0.15, 0.2) is 18.3 Å². The zero-order valence-electron chi connectivity index (χ0n) is 17.3. The molecule has 1 heterocycles. The normalized spacial score (nSPS) is 22.3. The summed E-state index contributed by atoms with van der Waals surface area (Å²) < 4.78 is 25.6. The van der Waals surface area contributed by atoms with E-state index in [0.29, 0.717) is 0 Å². The molecular weight excluding hydrogens is 404 g/mol. The van der Waals surface area contributed by atoms with Gasteiger partial charge in [-0.05, 0) is 6.08 Å². The zero-order chi connectivity index (χ0) is 23.0. The first-order valence-electron chi connectivity index (χ1n) is 8.93. The Hall–Kier alpha value is -3.15. The molecule has 0 aromatic rings. The molecule has 5 atom stereocenters. The van der Waals surface area contributed by atoms with E-state index in [1.807, 2.05) is 0 Å². The number of esters is 4. The standard InChI is InChI=1S/C18H26N2O10/c1-8(21)20-15-12(19)6-13(18(25)26-5)30-17(15)16(29-11(4)24)14(28-10(3)23)7-27-9(2)22/h6,12,14-17H,7,19H2,1-5H3,(H,20,21)/t12-,14+,15+,16+,17+/m0/s1. The molecule has 1 aliphatic rings. The van der Waals surface area contributed by atoms with Gasteiger partial charge in [0.05, 0.1) is 19.2 Å². The van der Waals surface area contributed by atoms with E-state index in [0.717, 1.165) is 27.9 Å². The van der Waals surface area contributed by atoms with E-state index in [1.54, 1.807) is 0 Å². The molecule has 0 aliphatic carbocycles. The second-order valence-corrected chi connectivity index (χ2v) is 6.43.